The number of likely N-dealkylation sites (tertiary alicyclic amines) is 1. The third-order valence-corrected chi connectivity index (χ3v) is 18.6. The van der Waals surface area contributed by atoms with Crippen LogP contribution in [0.1, 0.15) is 76.3 Å². The maximum atomic E-state index is 16.7. The first-order valence-electron chi connectivity index (χ1n) is 29.7. The molecule has 16 nitrogen and oxygen atoms in total. The summed E-state index contributed by atoms with van der Waals surface area (Å²) in [4.78, 5) is 36.1. The molecular formula is C66H65F5N10O6. The lowest BCUT2D eigenvalue weighted by molar-refractivity contribution is 0.0132. The summed E-state index contributed by atoms with van der Waals surface area (Å²) < 4.78 is 101. The molecule has 5 saturated heterocycles. The number of morpholine rings is 2. The molecule has 0 bridgehead atoms. The van der Waals surface area contributed by atoms with Crippen LogP contribution in [-0.2, 0) is 9.47 Å². The number of pyridine rings is 2. The van der Waals surface area contributed by atoms with Crippen LogP contribution >= 0.6 is 0 Å². The molecule has 4 aromatic heterocycles. The van der Waals surface area contributed by atoms with E-state index >= 15 is 8.78 Å². The molecule has 2 N–H and O–H groups in total. The van der Waals surface area contributed by atoms with Crippen LogP contribution in [0.2, 0.25) is 0 Å². The van der Waals surface area contributed by atoms with E-state index in [1.807, 2.05) is 23.6 Å². The zero-order valence-corrected chi connectivity index (χ0v) is 48.6. The zero-order valence-electron chi connectivity index (χ0n) is 48.6. The number of hydrogen-bond acceptors (Lipinski definition) is 16. The molecule has 6 aliphatic rings. The number of ether oxygens (including phenoxy) is 4. The Kier molecular flexibility index (Phi) is 15.4. The Balaban J connectivity index is 0.000000161. The van der Waals surface area contributed by atoms with Crippen LogP contribution in [0, 0.1) is 53.4 Å². The van der Waals surface area contributed by atoms with Gasteiger partial charge in [0.15, 0.2) is 11.6 Å². The summed E-state index contributed by atoms with van der Waals surface area (Å²) >= 11 is 0. The largest absolute Gasteiger partial charge is 0.508 e. The van der Waals surface area contributed by atoms with Crippen molar-refractivity contribution in [2.24, 2.45) is 5.41 Å². The molecular weight excluding hydrogens is 1120 g/mol. The maximum absolute atomic E-state index is 16.7. The van der Waals surface area contributed by atoms with Gasteiger partial charge in [-0.1, -0.05) is 30.4 Å². The molecule has 0 amide bonds. The van der Waals surface area contributed by atoms with Gasteiger partial charge in [-0.05, 0) is 120 Å². The Morgan fingerprint density at radius 2 is 1.17 bits per heavy atom. The number of halogens is 5. The molecule has 21 heteroatoms. The molecule has 9 heterocycles. The van der Waals surface area contributed by atoms with Crippen molar-refractivity contribution in [3.8, 4) is 70.7 Å². The highest BCUT2D eigenvalue weighted by Crippen LogP contribution is 2.48. The van der Waals surface area contributed by atoms with Crippen molar-refractivity contribution in [3.05, 3.63) is 95.3 Å². The summed E-state index contributed by atoms with van der Waals surface area (Å²) in [6.45, 7) is 9.94. The fourth-order valence-corrected chi connectivity index (χ4v) is 14.6. The van der Waals surface area contributed by atoms with E-state index in [4.69, 9.17) is 41.8 Å². The Bertz CT molecular complexity index is 4130. The van der Waals surface area contributed by atoms with Crippen LogP contribution in [0.5, 0.6) is 23.5 Å². The minimum atomic E-state index is -0.923. The number of alkyl halides is 1. The topological polar surface area (TPSA) is 168 Å². The van der Waals surface area contributed by atoms with E-state index in [9.17, 15) is 23.4 Å². The number of fused-ring (bicyclic) bond motifs is 6. The molecule has 87 heavy (non-hydrogen) atoms. The number of hydrogen-bond donors (Lipinski definition) is 2. The molecule has 0 spiro atoms. The summed E-state index contributed by atoms with van der Waals surface area (Å²) in [6.07, 6.45) is 20.9. The van der Waals surface area contributed by atoms with E-state index in [1.54, 1.807) is 0 Å². The molecule has 6 atom stereocenters. The van der Waals surface area contributed by atoms with E-state index in [0.717, 1.165) is 58.0 Å². The van der Waals surface area contributed by atoms with Crippen molar-refractivity contribution < 1.29 is 51.1 Å². The normalized spacial score (nSPS) is 24.0. The molecule has 0 radical (unpaired) electrons. The third-order valence-electron chi connectivity index (χ3n) is 18.6. The van der Waals surface area contributed by atoms with E-state index in [1.165, 1.54) is 60.9 Å². The van der Waals surface area contributed by atoms with E-state index in [2.05, 4.69) is 48.6 Å². The Hall–Kier alpha value is -8.21. The lowest BCUT2D eigenvalue weighted by Crippen LogP contribution is -2.50. The average molecular weight is 1190 g/mol. The highest BCUT2D eigenvalue weighted by Gasteiger charge is 2.50. The molecule has 6 unspecified atom stereocenters. The van der Waals surface area contributed by atoms with Gasteiger partial charge in [0, 0.05) is 84.9 Å². The van der Waals surface area contributed by atoms with Gasteiger partial charge in [-0.3, -0.25) is 14.9 Å². The molecule has 6 fully saturated rings. The van der Waals surface area contributed by atoms with Gasteiger partial charge in [-0.15, -0.1) is 12.8 Å². The van der Waals surface area contributed by atoms with Crippen molar-refractivity contribution in [1.29, 1.82) is 0 Å². The summed E-state index contributed by atoms with van der Waals surface area (Å²) in [5.41, 5.74) is -0.492. The van der Waals surface area contributed by atoms with Crippen molar-refractivity contribution in [2.75, 3.05) is 89.1 Å². The number of aromatic nitrogens is 6. The number of piperidine rings is 1. The zero-order chi connectivity index (χ0) is 60.5. The Morgan fingerprint density at radius 1 is 0.655 bits per heavy atom. The van der Waals surface area contributed by atoms with Crippen molar-refractivity contribution in [1.82, 2.24) is 39.7 Å². The third kappa shape index (κ3) is 10.6. The monoisotopic (exact) mass is 1190 g/mol. The molecule has 5 aliphatic heterocycles. The standard InChI is InChI=1S/C34H35F2N5O3.C32H30F3N5O3/c1-4-23-26(35)9-8-21-15-22(42)16-24(28(21)23)30-29(36)31-25(17-37-30)32(41-13-14-43-20(2)18-41)39-33(38-31)44-19-34-10-5-7-27(34)40(3)12-6-11-34;1-3-22-25(34)6-5-19-11-21(41)12-23(26(19)22)28-27(35)29-24(14-36-28)30(39-9-10-42-18(2)15-39)38-31(37-29)43-17-32-7-4-8-40(32)16-20(33)13-32/h1,8-9,15-17,20,27,42H,5-7,10-14,18-19H2,2-3H3;1,5-6,11-12,14,18,20,41H,4,7-10,13,15-17H2,2H3. The van der Waals surface area contributed by atoms with Crippen molar-refractivity contribution in [3.63, 3.8) is 0 Å². The highest BCUT2D eigenvalue weighted by atomic mass is 19.1. The van der Waals surface area contributed by atoms with Crippen LogP contribution in [0.25, 0.3) is 65.9 Å². The summed E-state index contributed by atoms with van der Waals surface area (Å²) in [5.74, 6) is 2.63. The molecule has 14 rings (SSSR count). The van der Waals surface area contributed by atoms with Gasteiger partial charge in [-0.25, -0.2) is 22.0 Å². The molecule has 1 saturated carbocycles. The molecule has 1 aliphatic carbocycles. The molecule has 450 valence electrons. The van der Waals surface area contributed by atoms with Crippen LogP contribution in [-0.4, -0.2) is 159 Å². The fraction of sp³-hybridized carbons (Fsp3) is 0.424. The number of rotatable bonds is 10. The van der Waals surface area contributed by atoms with Gasteiger partial charge in [-0.2, -0.15) is 19.9 Å². The fourth-order valence-electron chi connectivity index (χ4n) is 14.6. The lowest BCUT2D eigenvalue weighted by atomic mass is 9.76. The molecule has 8 aromatic rings. The highest BCUT2D eigenvalue weighted by molar-refractivity contribution is 6.04. The number of aromatic hydroxyl groups is 2. The smallest absolute Gasteiger partial charge is 0.319 e. The maximum Gasteiger partial charge on any atom is 0.319 e. The number of phenolic OH excluding ortho intramolecular Hbond substituents is 2. The predicted molar refractivity (Wildman–Crippen MR) is 321 cm³/mol. The molecule has 4 aromatic carbocycles. The second kappa shape index (κ2) is 23.1. The first kappa shape index (κ1) is 57.8. The van der Waals surface area contributed by atoms with Gasteiger partial charge >= 0.3 is 12.0 Å². The van der Waals surface area contributed by atoms with Crippen LogP contribution in [0.4, 0.5) is 33.6 Å². The van der Waals surface area contributed by atoms with Crippen LogP contribution in [0.15, 0.2) is 60.9 Å². The van der Waals surface area contributed by atoms with E-state index in [-0.39, 0.29) is 103 Å². The summed E-state index contributed by atoms with van der Waals surface area (Å²) in [6, 6.07) is 11.5. The van der Waals surface area contributed by atoms with E-state index in [0.29, 0.717) is 98.2 Å². The van der Waals surface area contributed by atoms with Gasteiger partial charge in [0.05, 0.1) is 59.5 Å². The number of phenols is 2. The minimum absolute atomic E-state index is 0.0110. The second-order valence-corrected chi connectivity index (χ2v) is 24.1. The summed E-state index contributed by atoms with van der Waals surface area (Å²) in [5, 5.41) is 23.2. The first-order valence-corrected chi connectivity index (χ1v) is 29.7. The average Bonchev–Trinajstić information content (AvgIpc) is 1.84. The first-order chi connectivity index (χ1) is 42.0. The van der Waals surface area contributed by atoms with Crippen LogP contribution < -0.4 is 19.3 Å². The summed E-state index contributed by atoms with van der Waals surface area (Å²) in [7, 11) is 2.18. The van der Waals surface area contributed by atoms with Gasteiger partial charge in [0.25, 0.3) is 0 Å². The van der Waals surface area contributed by atoms with Crippen LogP contribution in [0.3, 0.4) is 0 Å². The SMILES string of the molecule is C#Cc1c(F)ccc2cc(O)cc(-c3ncc4c(N5CCOC(C)C5)nc(OCC56CCCC5N(C)CCC6)nc4c3F)c12.C#Cc1c(F)ccc2cc(O)cc(-c3ncc4c(N5CCOC(C)C5)nc(OCC56CCCN5CC(F)C6)nc4c3F)c12. The van der Waals surface area contributed by atoms with E-state index < -0.39 is 35.0 Å². The number of anilines is 2. The number of benzene rings is 4. The lowest BCUT2D eigenvalue weighted by Gasteiger charge is -2.44. The van der Waals surface area contributed by atoms with Crippen molar-refractivity contribution in [2.45, 2.75) is 95.2 Å². The van der Waals surface area contributed by atoms with Gasteiger partial charge in [0.2, 0.25) is 0 Å². The number of nitrogens with zero attached hydrogens (tertiary/aromatic N) is 10. The van der Waals surface area contributed by atoms with Gasteiger partial charge < -0.3 is 43.9 Å². The van der Waals surface area contributed by atoms with Crippen molar-refractivity contribution >= 4 is 55.0 Å². The number of terminal acetylenes is 2. The second-order valence-electron chi connectivity index (χ2n) is 24.1. The quantitative estimate of drug-likeness (QED) is 0.0979. The predicted octanol–water partition coefficient (Wildman–Crippen LogP) is 10.7. The Morgan fingerprint density at radius 3 is 1.70 bits per heavy atom. The Labute approximate surface area is 499 Å². The minimum Gasteiger partial charge on any atom is -0.508 e. The van der Waals surface area contributed by atoms with Gasteiger partial charge in [0.1, 0.15) is 70.0 Å².